The van der Waals surface area contributed by atoms with Crippen LogP contribution in [0.4, 0.5) is 0 Å². The Morgan fingerprint density at radius 2 is 1.48 bits per heavy atom. The summed E-state index contributed by atoms with van der Waals surface area (Å²) in [5.74, 6) is 0. The Balaban J connectivity index is 1.34. The molecule has 0 spiro atoms. The lowest BCUT2D eigenvalue weighted by Gasteiger charge is -2.15. The maximum atomic E-state index is 4.73. The van der Waals surface area contributed by atoms with Gasteiger partial charge in [-0.25, -0.2) is 0 Å². The number of fused-ring (bicyclic) bond motifs is 1. The lowest BCUT2D eigenvalue weighted by molar-refractivity contribution is 0.978. The quantitative estimate of drug-likeness (QED) is 0.221. The molecule has 1 aromatic heterocycles. The third-order valence-corrected chi connectivity index (χ3v) is 7.88. The summed E-state index contributed by atoms with van der Waals surface area (Å²) in [5, 5.41) is 2.12. The molecule has 0 amide bonds. The van der Waals surface area contributed by atoms with Gasteiger partial charge in [-0.1, -0.05) is 123 Å². The van der Waals surface area contributed by atoms with Crippen LogP contribution >= 0.6 is 0 Å². The van der Waals surface area contributed by atoms with Gasteiger partial charge in [-0.2, -0.15) is 0 Å². The molecule has 5 aromatic rings. The molecule has 0 N–H and O–H groups in total. The molecule has 0 atom stereocenters. The number of aryl methyl sites for hydroxylation is 2. The Morgan fingerprint density at radius 1 is 0.800 bits per heavy atom. The number of rotatable bonds is 6. The summed E-state index contributed by atoms with van der Waals surface area (Å²) in [4.78, 5) is 4.73. The van der Waals surface area contributed by atoms with E-state index in [1.165, 1.54) is 38.9 Å². The standard InChI is InChI=1S/C39H33N/c1-4-28-24-34(29-14-18-32(19-15-29)36(5-2)37-12-8-6-10-27(37)3)26-35(25-28)30-16-20-33(21-17-30)39-38-13-9-7-11-31(38)22-23-40-39/h5-6,8-10,12-26H,2-4,7,11H2,1H3/b37-36+. The molecule has 6 rings (SSSR count). The molecule has 4 aromatic carbocycles. The molecule has 0 saturated heterocycles. The molecule has 1 heterocycles. The summed E-state index contributed by atoms with van der Waals surface area (Å²) in [7, 11) is 0. The normalized spacial score (nSPS) is 13.0. The molecule has 1 aliphatic carbocycles. The fourth-order valence-corrected chi connectivity index (χ4v) is 5.65. The summed E-state index contributed by atoms with van der Waals surface area (Å²) < 4.78 is 0. The van der Waals surface area contributed by atoms with E-state index in [9.17, 15) is 0 Å². The predicted molar refractivity (Wildman–Crippen MR) is 171 cm³/mol. The van der Waals surface area contributed by atoms with Crippen molar-refractivity contribution in [2.45, 2.75) is 26.2 Å². The van der Waals surface area contributed by atoms with Gasteiger partial charge in [0.15, 0.2) is 0 Å². The van der Waals surface area contributed by atoms with Gasteiger partial charge in [-0.15, -0.1) is 0 Å². The molecule has 1 heteroatoms. The maximum absolute atomic E-state index is 4.73. The van der Waals surface area contributed by atoms with Crippen molar-refractivity contribution >= 4 is 18.2 Å². The Labute approximate surface area is 237 Å². The average Bonchev–Trinajstić information content (AvgIpc) is 3.02. The Kier molecular flexibility index (Phi) is 7.12. The fourth-order valence-electron chi connectivity index (χ4n) is 5.65. The number of hydrogen-bond donors (Lipinski definition) is 0. The topological polar surface area (TPSA) is 12.9 Å². The van der Waals surface area contributed by atoms with Gasteiger partial charge in [0.1, 0.15) is 0 Å². The molecular weight excluding hydrogens is 482 g/mol. The molecule has 0 saturated carbocycles. The van der Waals surface area contributed by atoms with E-state index in [1.807, 2.05) is 30.5 Å². The van der Waals surface area contributed by atoms with Gasteiger partial charge in [0.2, 0.25) is 0 Å². The van der Waals surface area contributed by atoms with E-state index in [4.69, 9.17) is 4.98 Å². The monoisotopic (exact) mass is 515 g/mol. The first-order valence-corrected chi connectivity index (χ1v) is 14.1. The lowest BCUT2D eigenvalue weighted by atomic mass is 9.92. The molecule has 194 valence electrons. The third-order valence-electron chi connectivity index (χ3n) is 7.88. The lowest BCUT2D eigenvalue weighted by Crippen LogP contribution is -2.24. The number of nitrogens with zero attached hydrogens (tertiary/aromatic N) is 1. The van der Waals surface area contributed by atoms with Crippen molar-refractivity contribution in [3.05, 3.63) is 155 Å². The molecule has 0 unspecified atom stereocenters. The first kappa shape index (κ1) is 25.5. The fraction of sp³-hybridized carbons (Fsp3) is 0.103. The zero-order valence-corrected chi connectivity index (χ0v) is 23.0. The van der Waals surface area contributed by atoms with Crippen molar-refractivity contribution in [1.82, 2.24) is 4.98 Å². The minimum absolute atomic E-state index is 0.984. The van der Waals surface area contributed by atoms with E-state index >= 15 is 0 Å². The van der Waals surface area contributed by atoms with Crippen LogP contribution in [0.25, 0.3) is 51.7 Å². The van der Waals surface area contributed by atoms with Crippen molar-refractivity contribution < 1.29 is 0 Å². The van der Waals surface area contributed by atoms with Gasteiger partial charge in [-0.05, 0) is 86.3 Å². The summed E-state index contributed by atoms with van der Waals surface area (Å²) in [6.45, 7) is 10.5. The van der Waals surface area contributed by atoms with Crippen LogP contribution in [-0.2, 0) is 12.8 Å². The van der Waals surface area contributed by atoms with Gasteiger partial charge in [0, 0.05) is 17.3 Å². The number of benzene rings is 4. The van der Waals surface area contributed by atoms with E-state index in [-0.39, 0.29) is 0 Å². The smallest absolute Gasteiger partial charge is 0.0776 e. The minimum Gasteiger partial charge on any atom is -0.256 e. The highest BCUT2D eigenvalue weighted by atomic mass is 14.7. The van der Waals surface area contributed by atoms with Crippen LogP contribution in [0.2, 0.25) is 0 Å². The van der Waals surface area contributed by atoms with Crippen molar-refractivity contribution in [1.29, 1.82) is 0 Å². The molecule has 0 bridgehead atoms. The van der Waals surface area contributed by atoms with Crippen LogP contribution in [0.5, 0.6) is 0 Å². The van der Waals surface area contributed by atoms with Crippen molar-refractivity contribution in [2.24, 2.45) is 0 Å². The predicted octanol–water partition coefficient (Wildman–Crippen LogP) is 8.40. The second-order valence-corrected chi connectivity index (χ2v) is 10.4. The first-order chi connectivity index (χ1) is 19.6. The van der Waals surface area contributed by atoms with Gasteiger partial charge in [0.05, 0.1) is 5.69 Å². The SMILES string of the molecule is C=C/C(c1ccc(-c2cc(CC)cc(-c3ccc(-c4nccc5c4C=CCC5)cc3)c2)cc1)=c1/ccccc1=C. The molecule has 0 radical (unpaired) electrons. The van der Waals surface area contributed by atoms with E-state index in [0.29, 0.717) is 0 Å². The van der Waals surface area contributed by atoms with Crippen molar-refractivity contribution in [3.63, 3.8) is 0 Å². The summed E-state index contributed by atoms with van der Waals surface area (Å²) in [6.07, 6.45) is 11.5. The molecular formula is C39H33N. The third kappa shape index (κ3) is 4.99. The maximum Gasteiger partial charge on any atom is 0.0776 e. The van der Waals surface area contributed by atoms with E-state index in [0.717, 1.165) is 52.1 Å². The molecule has 0 fully saturated rings. The second kappa shape index (κ2) is 11.2. The minimum atomic E-state index is 0.984. The largest absolute Gasteiger partial charge is 0.256 e. The van der Waals surface area contributed by atoms with Crippen molar-refractivity contribution in [3.8, 4) is 33.5 Å². The van der Waals surface area contributed by atoms with Crippen LogP contribution in [0.3, 0.4) is 0 Å². The Morgan fingerprint density at radius 3 is 2.15 bits per heavy atom. The summed E-state index contributed by atoms with van der Waals surface area (Å²) in [6, 6.07) is 35.0. The van der Waals surface area contributed by atoms with Gasteiger partial charge in [-0.3, -0.25) is 4.98 Å². The van der Waals surface area contributed by atoms with Crippen LogP contribution in [0.15, 0.2) is 122 Å². The van der Waals surface area contributed by atoms with E-state index in [1.54, 1.807) is 0 Å². The number of hydrogen-bond acceptors (Lipinski definition) is 1. The van der Waals surface area contributed by atoms with Crippen LogP contribution in [0.1, 0.15) is 35.6 Å². The highest BCUT2D eigenvalue weighted by Crippen LogP contribution is 2.33. The number of allylic oxidation sites excluding steroid dienone is 2. The van der Waals surface area contributed by atoms with E-state index < -0.39 is 0 Å². The highest BCUT2D eigenvalue weighted by Gasteiger charge is 2.13. The first-order valence-electron chi connectivity index (χ1n) is 14.1. The van der Waals surface area contributed by atoms with Crippen molar-refractivity contribution in [2.75, 3.05) is 0 Å². The Bertz CT molecular complexity index is 1840. The zero-order chi connectivity index (χ0) is 27.5. The zero-order valence-electron chi connectivity index (χ0n) is 23.0. The molecule has 0 aliphatic heterocycles. The van der Waals surface area contributed by atoms with E-state index in [2.05, 4.69) is 111 Å². The number of aromatic nitrogens is 1. The molecule has 40 heavy (non-hydrogen) atoms. The van der Waals surface area contributed by atoms with Gasteiger partial charge in [0.25, 0.3) is 0 Å². The van der Waals surface area contributed by atoms with Gasteiger partial charge < -0.3 is 0 Å². The average molecular weight is 516 g/mol. The van der Waals surface area contributed by atoms with Crippen LogP contribution in [-0.4, -0.2) is 4.98 Å². The van der Waals surface area contributed by atoms with Crippen LogP contribution in [0, 0.1) is 0 Å². The Hall–Kier alpha value is -4.75. The summed E-state index contributed by atoms with van der Waals surface area (Å²) in [5.41, 5.74) is 13.3. The molecule has 1 nitrogen and oxygen atoms in total. The highest BCUT2D eigenvalue weighted by molar-refractivity contribution is 5.80. The molecule has 1 aliphatic rings. The summed E-state index contributed by atoms with van der Waals surface area (Å²) >= 11 is 0. The second-order valence-electron chi connectivity index (χ2n) is 10.4. The van der Waals surface area contributed by atoms with Gasteiger partial charge >= 0.3 is 0 Å². The van der Waals surface area contributed by atoms with Crippen LogP contribution < -0.4 is 10.4 Å². The number of pyridine rings is 1.